The van der Waals surface area contributed by atoms with Crippen LogP contribution in [0.1, 0.15) is 138 Å². The molecule has 12 atom stereocenters. The summed E-state index contributed by atoms with van der Waals surface area (Å²) in [6.07, 6.45) is 7.88. The maximum Gasteiger partial charge on any atom is 0.307 e. The molecule has 10 nitrogen and oxygen atoms in total. The van der Waals surface area contributed by atoms with Gasteiger partial charge >= 0.3 is 5.97 Å². The summed E-state index contributed by atoms with van der Waals surface area (Å²) in [6, 6.07) is -0.275. The number of carbonyl (C=O) groups excluding carboxylic acids is 1. The summed E-state index contributed by atoms with van der Waals surface area (Å²) in [5.74, 6) is 0.381. The fourth-order valence-corrected chi connectivity index (χ4v) is 12.2. The van der Waals surface area contributed by atoms with Gasteiger partial charge in [-0.3, -0.25) is 9.59 Å². The van der Waals surface area contributed by atoms with Crippen molar-refractivity contribution in [1.29, 1.82) is 0 Å². The number of carbonyl (C=O) groups is 2. The molecule has 2 heterocycles. The lowest BCUT2D eigenvalue weighted by molar-refractivity contribution is -0.253. The molecule has 280 valence electrons. The molecular weight excluding hydrogens is 630 g/mol. The highest BCUT2D eigenvalue weighted by atomic mass is 16.5. The van der Waals surface area contributed by atoms with E-state index < -0.39 is 22.8 Å². The zero-order chi connectivity index (χ0) is 36.8. The van der Waals surface area contributed by atoms with Gasteiger partial charge in [0.2, 0.25) is 11.6 Å². The van der Waals surface area contributed by atoms with Gasteiger partial charge < -0.3 is 20.3 Å². The maximum absolute atomic E-state index is 13.5. The number of Topliss-reactive ketones (excluding diaryl/α,β-unsaturated/α-hetero) is 1. The van der Waals surface area contributed by atoms with E-state index in [9.17, 15) is 14.7 Å². The van der Waals surface area contributed by atoms with Gasteiger partial charge in [-0.15, -0.1) is 10.2 Å². The Balaban J connectivity index is 1.46. The first-order valence-electron chi connectivity index (χ1n) is 19.5. The number of aromatic nitrogens is 4. The number of rotatable bonds is 10. The molecule has 6 rings (SSSR count). The van der Waals surface area contributed by atoms with Crippen LogP contribution in [-0.4, -0.2) is 68.5 Å². The number of nitrogens with two attached hydrogens (primary N) is 1. The van der Waals surface area contributed by atoms with Gasteiger partial charge in [0.15, 0.2) is 0 Å². The predicted molar refractivity (Wildman–Crippen MR) is 192 cm³/mol. The van der Waals surface area contributed by atoms with Crippen LogP contribution >= 0.6 is 0 Å². The van der Waals surface area contributed by atoms with Crippen LogP contribution in [0.5, 0.6) is 0 Å². The van der Waals surface area contributed by atoms with Crippen LogP contribution in [0.25, 0.3) is 0 Å². The number of allylic oxidation sites excluding steroid dienone is 1. The lowest BCUT2D eigenvalue weighted by atomic mass is 9.34. The highest BCUT2D eigenvalue weighted by Crippen LogP contribution is 2.75. The number of carboxylic acids is 1. The first kappa shape index (κ1) is 37.6. The smallest absolute Gasteiger partial charge is 0.307 e. The number of aliphatic carboxylic acids is 1. The summed E-state index contributed by atoms with van der Waals surface area (Å²) >= 11 is 0. The van der Waals surface area contributed by atoms with Crippen molar-refractivity contribution in [2.45, 2.75) is 139 Å². The zero-order valence-corrected chi connectivity index (χ0v) is 32.7. The summed E-state index contributed by atoms with van der Waals surface area (Å²) in [5.41, 5.74) is 6.18. The molecule has 1 saturated heterocycles. The number of fused-ring (bicyclic) bond motifs is 3. The highest BCUT2D eigenvalue weighted by molar-refractivity contribution is 5.91. The predicted octanol–water partition coefficient (Wildman–Crippen LogP) is 7.15. The molecule has 3 N–H and O–H groups in total. The van der Waals surface area contributed by atoms with Crippen molar-refractivity contribution in [2.75, 3.05) is 19.8 Å². The van der Waals surface area contributed by atoms with Crippen LogP contribution in [-0.2, 0) is 14.3 Å². The summed E-state index contributed by atoms with van der Waals surface area (Å²) in [7, 11) is 0. The van der Waals surface area contributed by atoms with Gasteiger partial charge in [-0.1, -0.05) is 80.9 Å². The molecule has 2 bridgehead atoms. The van der Waals surface area contributed by atoms with Crippen LogP contribution < -0.4 is 5.73 Å². The SMILES string of the molecule is CCC(=O)c1nnn([C@@H]2C[C@@]34COC[C@@](C)([C@@H]3CC[C@H]3C4=CC[C@@]4(C)[C@H](C(=O)O)[C@@](C)([C@H](C)C(C)C)CC[C@]34C)[C@H]2OC[C@](C)(N)C(C)C)n1. The molecule has 3 saturated carbocycles. The third kappa shape index (κ3) is 5.22. The minimum Gasteiger partial charge on any atom is -0.481 e. The standard InChI is InChI=1S/C40H65N5O5/c1-12-29(46)33-42-44-45(43-33)28-19-40-22-49-20-36(8,32(28)50-21-39(11,41)24(4)5)30(40)14-13-26-27(40)15-16-38(10)31(34(47)48)35(7,25(6)23(2)3)17-18-37(26,38)9/h15,23-26,28,30-32H,12-14,16-22,41H2,1-11H3,(H,47,48)/t25-,26+,28-,30+,31-,32+,35-,36+,37-,38+,39+,40+/m1/s1. The molecule has 1 aromatic rings. The Morgan fingerprint density at radius 2 is 1.80 bits per heavy atom. The Kier molecular flexibility index (Phi) is 9.37. The molecule has 4 aliphatic carbocycles. The fraction of sp³-hybridized carbons (Fsp3) is 0.875. The number of hydrogen-bond acceptors (Lipinski definition) is 8. The minimum atomic E-state index is -0.647. The van der Waals surface area contributed by atoms with Gasteiger partial charge in [0.05, 0.1) is 31.8 Å². The second-order valence-corrected chi connectivity index (χ2v) is 19.2. The summed E-state index contributed by atoms with van der Waals surface area (Å²) in [5, 5.41) is 24.5. The summed E-state index contributed by atoms with van der Waals surface area (Å²) in [4.78, 5) is 27.8. The Labute approximate surface area is 300 Å². The molecule has 1 aromatic heterocycles. The van der Waals surface area contributed by atoms with E-state index in [2.05, 4.69) is 78.7 Å². The average molecular weight is 696 g/mol. The third-order valence-electron chi connectivity index (χ3n) is 16.3. The first-order chi connectivity index (χ1) is 23.2. The quantitative estimate of drug-likeness (QED) is 0.193. The van der Waals surface area contributed by atoms with E-state index >= 15 is 0 Å². The van der Waals surface area contributed by atoms with E-state index in [1.807, 2.05) is 13.8 Å². The van der Waals surface area contributed by atoms with E-state index in [4.69, 9.17) is 20.3 Å². The van der Waals surface area contributed by atoms with E-state index in [0.717, 1.165) is 32.1 Å². The van der Waals surface area contributed by atoms with Gasteiger partial charge in [-0.25, -0.2) is 0 Å². The number of nitrogens with zero attached hydrogens (tertiary/aromatic N) is 4. The Morgan fingerprint density at radius 1 is 1.10 bits per heavy atom. The van der Waals surface area contributed by atoms with Gasteiger partial charge in [-0.2, -0.15) is 4.80 Å². The number of tetrazole rings is 1. The summed E-state index contributed by atoms with van der Waals surface area (Å²) < 4.78 is 13.6. The van der Waals surface area contributed by atoms with Crippen LogP contribution in [0, 0.1) is 62.6 Å². The number of hydrogen-bond donors (Lipinski definition) is 2. The van der Waals surface area contributed by atoms with Crippen molar-refractivity contribution in [2.24, 2.45) is 68.3 Å². The molecule has 0 amide bonds. The third-order valence-corrected chi connectivity index (χ3v) is 16.3. The van der Waals surface area contributed by atoms with Crippen LogP contribution in [0.2, 0.25) is 0 Å². The maximum atomic E-state index is 13.5. The van der Waals surface area contributed by atoms with Crippen molar-refractivity contribution in [1.82, 2.24) is 20.2 Å². The Bertz CT molecular complexity index is 1520. The number of carboxylic acid groups (broad SMARTS) is 1. The molecule has 0 spiro atoms. The molecule has 0 radical (unpaired) electrons. The topological polar surface area (TPSA) is 142 Å². The molecule has 4 fully saturated rings. The van der Waals surface area contributed by atoms with Gasteiger partial charge in [0.1, 0.15) is 6.04 Å². The van der Waals surface area contributed by atoms with Crippen LogP contribution in [0.3, 0.4) is 0 Å². The van der Waals surface area contributed by atoms with Crippen molar-refractivity contribution in [3.8, 4) is 0 Å². The van der Waals surface area contributed by atoms with Gasteiger partial charge in [0.25, 0.3) is 0 Å². The highest BCUT2D eigenvalue weighted by Gasteiger charge is 2.72. The lowest BCUT2D eigenvalue weighted by Crippen LogP contribution is -2.69. The second-order valence-electron chi connectivity index (χ2n) is 19.2. The Morgan fingerprint density at radius 3 is 2.42 bits per heavy atom. The number of ketones is 1. The monoisotopic (exact) mass is 695 g/mol. The van der Waals surface area contributed by atoms with Crippen molar-refractivity contribution < 1.29 is 24.2 Å². The van der Waals surface area contributed by atoms with Crippen molar-refractivity contribution in [3.63, 3.8) is 0 Å². The van der Waals surface area contributed by atoms with Gasteiger partial charge in [0, 0.05) is 22.8 Å². The minimum absolute atomic E-state index is 0.131. The van der Waals surface area contributed by atoms with Gasteiger partial charge in [-0.05, 0) is 96.5 Å². The molecule has 50 heavy (non-hydrogen) atoms. The fourth-order valence-electron chi connectivity index (χ4n) is 12.2. The van der Waals surface area contributed by atoms with Crippen LogP contribution in [0.15, 0.2) is 11.6 Å². The molecule has 1 aliphatic heterocycles. The van der Waals surface area contributed by atoms with Crippen molar-refractivity contribution in [3.05, 3.63) is 17.5 Å². The van der Waals surface area contributed by atoms with Crippen LogP contribution in [0.4, 0.5) is 0 Å². The molecular formula is C40H65N5O5. The van der Waals surface area contributed by atoms with E-state index in [1.165, 1.54) is 5.57 Å². The largest absolute Gasteiger partial charge is 0.481 e. The lowest BCUT2D eigenvalue weighted by Gasteiger charge is -2.71. The van der Waals surface area contributed by atoms with E-state index in [-0.39, 0.29) is 57.2 Å². The normalized spacial score (nSPS) is 42.9. The first-order valence-corrected chi connectivity index (χ1v) is 19.5. The number of ether oxygens (including phenoxy) is 2. The van der Waals surface area contributed by atoms with Crippen molar-refractivity contribution >= 4 is 11.8 Å². The summed E-state index contributed by atoms with van der Waals surface area (Å²) in [6.45, 7) is 25.7. The molecule has 10 heteroatoms. The molecule has 0 unspecified atom stereocenters. The average Bonchev–Trinajstić information content (AvgIpc) is 3.54. The molecule has 5 aliphatic rings. The molecule has 0 aromatic carbocycles. The zero-order valence-electron chi connectivity index (χ0n) is 32.7. The van der Waals surface area contributed by atoms with E-state index in [1.54, 1.807) is 4.80 Å². The van der Waals surface area contributed by atoms with E-state index in [0.29, 0.717) is 50.4 Å². The Hall–Kier alpha value is -2.17. The second kappa shape index (κ2) is 12.5.